The van der Waals surface area contributed by atoms with Crippen LogP contribution in [0.5, 0.6) is 0 Å². The first kappa shape index (κ1) is 22.1. The molecule has 0 saturated heterocycles. The molecule has 0 amide bonds. The third-order valence-electron chi connectivity index (χ3n) is 2.99. The van der Waals surface area contributed by atoms with Gasteiger partial charge in [0.1, 0.15) is 12.7 Å². The summed E-state index contributed by atoms with van der Waals surface area (Å²) in [7, 11) is -1.43. The maximum atomic E-state index is 11.6. The zero-order valence-corrected chi connectivity index (χ0v) is 13.8. The van der Waals surface area contributed by atoms with Crippen LogP contribution in [0.15, 0.2) is 0 Å². The van der Waals surface area contributed by atoms with Crippen molar-refractivity contribution >= 4 is 19.6 Å². The predicted molar refractivity (Wildman–Crippen MR) is 73.0 cm³/mol. The van der Waals surface area contributed by atoms with Gasteiger partial charge in [-0.25, -0.2) is 9.36 Å². The molecule has 12 heteroatoms. The monoisotopic (exact) mass is 360 g/mol. The highest BCUT2D eigenvalue weighted by molar-refractivity contribution is 7.46. The first-order chi connectivity index (χ1) is 10.5. The zero-order chi connectivity index (χ0) is 18.3. The van der Waals surface area contributed by atoms with E-state index in [0.29, 0.717) is 0 Å². The van der Waals surface area contributed by atoms with E-state index in [1.807, 2.05) is 0 Å². The first-order valence-corrected chi connectivity index (χ1v) is 7.83. The number of carbonyl (C=O) groups is 2. The summed E-state index contributed by atoms with van der Waals surface area (Å²) in [6.07, 6.45) is -4.17. The van der Waals surface area contributed by atoms with E-state index < -0.39 is 44.2 Å². The van der Waals surface area contributed by atoms with Gasteiger partial charge in [0, 0.05) is 20.6 Å². The molecule has 0 radical (unpaired) electrons. The normalized spacial score (nSPS) is 15.1. The van der Waals surface area contributed by atoms with Crippen molar-refractivity contribution in [3.63, 3.8) is 0 Å². The molecule has 4 N–H and O–H groups in total. The van der Waals surface area contributed by atoms with Crippen molar-refractivity contribution in [1.29, 1.82) is 0 Å². The third-order valence-corrected chi connectivity index (χ3v) is 3.46. The quantitative estimate of drug-likeness (QED) is 0.189. The molecule has 2 atom stereocenters. The van der Waals surface area contributed by atoms with Crippen LogP contribution in [0.1, 0.15) is 12.8 Å². The van der Waals surface area contributed by atoms with Gasteiger partial charge in [-0.15, -0.1) is 0 Å². The Balaban J connectivity index is 4.67. The highest BCUT2D eigenvalue weighted by atomic mass is 31.2. The number of rotatable bonds is 11. The first-order valence-electron chi connectivity index (χ1n) is 6.30. The van der Waals surface area contributed by atoms with Crippen molar-refractivity contribution in [2.45, 2.75) is 30.8 Å². The van der Waals surface area contributed by atoms with E-state index >= 15 is 0 Å². The fourth-order valence-corrected chi connectivity index (χ4v) is 1.95. The predicted octanol–water partition coefficient (Wildman–Crippen LogP) is -1.67. The van der Waals surface area contributed by atoms with E-state index in [0.717, 1.165) is 7.11 Å². The van der Waals surface area contributed by atoms with Crippen molar-refractivity contribution in [2.75, 3.05) is 27.9 Å². The molecule has 0 unspecified atom stereocenters. The number of aliphatic hydroxyl groups is 2. The lowest BCUT2D eigenvalue weighted by atomic mass is 10.0. The SMILES string of the molecule is COC(=O)C(CC[C@@H](O)[C@H](O)C(=O)COP(=O)(O)O)(OC)OC. The van der Waals surface area contributed by atoms with Gasteiger partial charge in [0.05, 0.1) is 13.2 Å². The summed E-state index contributed by atoms with van der Waals surface area (Å²) in [5, 5.41) is 19.3. The second kappa shape index (κ2) is 9.40. The molecule has 136 valence electrons. The lowest BCUT2D eigenvalue weighted by Gasteiger charge is -2.29. The molecule has 0 aromatic heterocycles. The Hall–Kier alpha value is -0.910. The van der Waals surface area contributed by atoms with Gasteiger partial charge in [0.25, 0.3) is 5.79 Å². The molecule has 0 aliphatic carbocycles. The van der Waals surface area contributed by atoms with E-state index in [4.69, 9.17) is 19.3 Å². The second-order valence-corrected chi connectivity index (χ2v) is 5.67. The average Bonchev–Trinajstić information content (AvgIpc) is 2.51. The summed E-state index contributed by atoms with van der Waals surface area (Å²) in [4.78, 5) is 40.0. The molecule has 0 bridgehead atoms. The Morgan fingerprint density at radius 1 is 1.13 bits per heavy atom. The minimum Gasteiger partial charge on any atom is -0.465 e. The third kappa shape index (κ3) is 7.02. The molecular weight excluding hydrogens is 339 g/mol. The molecule has 0 aromatic carbocycles. The van der Waals surface area contributed by atoms with Gasteiger partial charge in [-0.05, 0) is 6.42 Å². The summed E-state index contributed by atoms with van der Waals surface area (Å²) in [5.74, 6) is -3.83. The van der Waals surface area contributed by atoms with E-state index in [1.54, 1.807) is 0 Å². The number of phosphoric acid groups is 1. The number of Topliss-reactive ketones (excluding diaryl/α,β-unsaturated/α-hetero) is 1. The number of carbonyl (C=O) groups excluding carboxylic acids is 2. The molecule has 0 aliphatic rings. The minimum absolute atomic E-state index is 0.252. The average molecular weight is 360 g/mol. The van der Waals surface area contributed by atoms with Crippen LogP contribution in [-0.2, 0) is 32.9 Å². The Morgan fingerprint density at radius 2 is 1.65 bits per heavy atom. The van der Waals surface area contributed by atoms with Crippen LogP contribution in [0.4, 0.5) is 0 Å². The number of aliphatic hydroxyl groups excluding tert-OH is 2. The van der Waals surface area contributed by atoms with Gasteiger partial charge in [-0.1, -0.05) is 0 Å². The molecule has 0 aromatic rings. The summed E-state index contributed by atoms with van der Waals surface area (Å²) in [5.41, 5.74) is 0. The summed E-state index contributed by atoms with van der Waals surface area (Å²) in [6.45, 7) is -1.08. The maximum Gasteiger partial charge on any atom is 0.470 e. The van der Waals surface area contributed by atoms with Crippen LogP contribution in [0.3, 0.4) is 0 Å². The fourth-order valence-electron chi connectivity index (χ4n) is 1.66. The number of ketones is 1. The van der Waals surface area contributed by atoms with Gasteiger partial charge in [0.15, 0.2) is 5.78 Å². The van der Waals surface area contributed by atoms with Gasteiger partial charge >= 0.3 is 13.8 Å². The van der Waals surface area contributed by atoms with Gasteiger partial charge in [0.2, 0.25) is 0 Å². The topological polar surface area (TPSA) is 169 Å². The van der Waals surface area contributed by atoms with Crippen LogP contribution in [0.2, 0.25) is 0 Å². The lowest BCUT2D eigenvalue weighted by Crippen LogP contribution is -2.45. The van der Waals surface area contributed by atoms with Crippen molar-refractivity contribution in [3.05, 3.63) is 0 Å². The molecule has 0 saturated carbocycles. The van der Waals surface area contributed by atoms with E-state index in [9.17, 15) is 24.4 Å². The zero-order valence-electron chi connectivity index (χ0n) is 12.9. The van der Waals surface area contributed by atoms with Gasteiger partial charge in [-0.2, -0.15) is 0 Å². The molecule has 11 nitrogen and oxygen atoms in total. The van der Waals surface area contributed by atoms with Crippen LogP contribution in [0, 0.1) is 0 Å². The van der Waals surface area contributed by atoms with Crippen LogP contribution in [-0.4, -0.2) is 77.7 Å². The minimum atomic E-state index is -4.87. The number of methoxy groups -OCH3 is 3. The number of hydrogen-bond acceptors (Lipinski definition) is 9. The Bertz CT molecular complexity index is 441. The van der Waals surface area contributed by atoms with Crippen molar-refractivity contribution in [1.82, 2.24) is 0 Å². The van der Waals surface area contributed by atoms with Crippen molar-refractivity contribution in [3.8, 4) is 0 Å². The number of phosphoric ester groups is 1. The maximum absolute atomic E-state index is 11.6. The van der Waals surface area contributed by atoms with Crippen LogP contribution >= 0.6 is 7.82 Å². The molecule has 0 spiro atoms. The molecule has 0 fully saturated rings. The van der Waals surface area contributed by atoms with Crippen LogP contribution in [0.25, 0.3) is 0 Å². The Labute approximate surface area is 132 Å². The van der Waals surface area contributed by atoms with E-state index in [-0.39, 0.29) is 12.8 Å². The molecular formula is C11H21O11P. The largest absolute Gasteiger partial charge is 0.470 e. The van der Waals surface area contributed by atoms with E-state index in [1.165, 1.54) is 14.2 Å². The highest BCUT2D eigenvalue weighted by Crippen LogP contribution is 2.35. The number of ether oxygens (including phenoxy) is 3. The molecule has 0 rings (SSSR count). The van der Waals surface area contributed by atoms with Gasteiger partial charge < -0.3 is 34.2 Å². The highest BCUT2D eigenvalue weighted by Gasteiger charge is 2.41. The summed E-state index contributed by atoms with van der Waals surface area (Å²) in [6, 6.07) is 0. The molecule has 0 aliphatic heterocycles. The number of esters is 1. The molecule has 23 heavy (non-hydrogen) atoms. The second-order valence-electron chi connectivity index (χ2n) is 4.43. The van der Waals surface area contributed by atoms with Gasteiger partial charge in [-0.3, -0.25) is 9.32 Å². The smallest absolute Gasteiger partial charge is 0.465 e. The number of hydrogen-bond donors (Lipinski definition) is 4. The van der Waals surface area contributed by atoms with Crippen molar-refractivity contribution < 1.29 is 52.9 Å². The van der Waals surface area contributed by atoms with Crippen LogP contribution < -0.4 is 0 Å². The fraction of sp³-hybridized carbons (Fsp3) is 0.818. The van der Waals surface area contributed by atoms with Crippen molar-refractivity contribution in [2.24, 2.45) is 0 Å². The lowest BCUT2D eigenvalue weighted by molar-refractivity contribution is -0.232. The Kier molecular flexibility index (Phi) is 9.03. The Morgan fingerprint density at radius 3 is 2.04 bits per heavy atom. The summed E-state index contributed by atoms with van der Waals surface area (Å²) < 4.78 is 28.7. The molecule has 0 heterocycles. The van der Waals surface area contributed by atoms with E-state index in [2.05, 4.69) is 9.26 Å². The standard InChI is InChI=1S/C11H21O11P/c1-19-10(15)11(20-2,21-3)5-4-7(12)9(14)8(13)6-22-23(16,17)18/h7,9,12,14H,4-6H2,1-3H3,(H2,16,17,18)/t7-,9+/m1/s1. The summed E-state index contributed by atoms with van der Waals surface area (Å²) >= 11 is 0.